The van der Waals surface area contributed by atoms with Crippen molar-refractivity contribution in [3.8, 4) is 11.8 Å². The molecule has 2 aromatic carbocycles. The molecule has 5 aromatic rings. The minimum Gasteiger partial charge on any atom is -0.235 e. The number of hydrogen-bond donors (Lipinski definition) is 0. The fourth-order valence-corrected chi connectivity index (χ4v) is 4.43. The second-order valence-corrected chi connectivity index (χ2v) is 8.12. The smallest absolute Gasteiger partial charge is 0.164 e. The summed E-state index contributed by atoms with van der Waals surface area (Å²) in [6.07, 6.45) is 1.74. The zero-order valence-electron chi connectivity index (χ0n) is 15.9. The highest BCUT2D eigenvalue weighted by Crippen LogP contribution is 2.31. The Morgan fingerprint density at radius 3 is 2.63 bits per heavy atom. The maximum Gasteiger partial charge on any atom is 0.164 e. The number of halogens is 1. The molecule has 3 aromatic heterocycles. The first-order chi connectivity index (χ1) is 14.6. The van der Waals surface area contributed by atoms with Gasteiger partial charge < -0.3 is 0 Å². The van der Waals surface area contributed by atoms with E-state index in [0.717, 1.165) is 27.0 Å². The van der Waals surface area contributed by atoms with E-state index in [1.54, 1.807) is 10.8 Å². The summed E-state index contributed by atoms with van der Waals surface area (Å²) in [6, 6.07) is 21.8. The van der Waals surface area contributed by atoms with Crippen molar-refractivity contribution >= 4 is 55.8 Å². The molecule has 0 unspecified atom stereocenters. The lowest BCUT2D eigenvalue weighted by Crippen LogP contribution is -1.98. The summed E-state index contributed by atoms with van der Waals surface area (Å²) < 4.78 is 2.82. The van der Waals surface area contributed by atoms with Crippen molar-refractivity contribution in [2.75, 3.05) is 0 Å². The average molecular weight is 428 g/mol. The van der Waals surface area contributed by atoms with Gasteiger partial charge in [-0.05, 0) is 43.3 Å². The molecular weight excluding hydrogens is 414 g/mol. The number of allylic oxidation sites excluding steroid dienone is 1. The van der Waals surface area contributed by atoms with Crippen LogP contribution in [0.2, 0.25) is 5.15 Å². The van der Waals surface area contributed by atoms with Crippen LogP contribution in [0.15, 0.2) is 60.7 Å². The predicted octanol–water partition coefficient (Wildman–Crippen LogP) is 6.06. The van der Waals surface area contributed by atoms with Crippen LogP contribution in [-0.4, -0.2) is 19.7 Å². The molecule has 0 spiro atoms. The molecule has 0 amide bonds. The molecule has 0 aliphatic rings. The molecule has 0 saturated carbocycles. The minimum absolute atomic E-state index is 0.313. The number of fused-ring (bicyclic) bond motifs is 2. The van der Waals surface area contributed by atoms with Gasteiger partial charge in [0.05, 0.1) is 27.2 Å². The molecule has 0 N–H and O–H groups in total. The van der Waals surface area contributed by atoms with E-state index < -0.39 is 0 Å². The van der Waals surface area contributed by atoms with E-state index in [1.165, 1.54) is 11.3 Å². The Morgan fingerprint density at radius 1 is 1.10 bits per heavy atom. The van der Waals surface area contributed by atoms with E-state index in [4.69, 9.17) is 11.6 Å². The number of aryl methyl sites for hydroxylation is 1. The summed E-state index contributed by atoms with van der Waals surface area (Å²) in [4.78, 5) is 9.17. The van der Waals surface area contributed by atoms with E-state index in [1.807, 2.05) is 67.6 Å². The van der Waals surface area contributed by atoms with Crippen molar-refractivity contribution in [2.45, 2.75) is 6.92 Å². The second kappa shape index (κ2) is 7.38. The van der Waals surface area contributed by atoms with E-state index in [0.29, 0.717) is 26.9 Å². The Labute approximate surface area is 181 Å². The Hall–Kier alpha value is -3.53. The summed E-state index contributed by atoms with van der Waals surface area (Å²) in [7, 11) is 0. The molecule has 0 aliphatic carbocycles. The van der Waals surface area contributed by atoms with Gasteiger partial charge in [-0.3, -0.25) is 0 Å². The van der Waals surface area contributed by atoms with Gasteiger partial charge >= 0.3 is 0 Å². The molecule has 0 bridgehead atoms. The van der Waals surface area contributed by atoms with Crippen LogP contribution in [0.5, 0.6) is 0 Å². The van der Waals surface area contributed by atoms with Crippen molar-refractivity contribution in [2.24, 2.45) is 0 Å². The summed E-state index contributed by atoms with van der Waals surface area (Å²) in [5.74, 6) is 0. The quantitative estimate of drug-likeness (QED) is 0.259. The Balaban J connectivity index is 1.64. The molecule has 0 atom stereocenters. The molecule has 30 heavy (non-hydrogen) atoms. The Kier molecular flexibility index (Phi) is 4.55. The molecule has 3 heterocycles. The van der Waals surface area contributed by atoms with Crippen LogP contribution in [0.3, 0.4) is 0 Å². The lowest BCUT2D eigenvalue weighted by Gasteiger charge is -2.04. The standard InChI is InChI=1S/C23H14ClN5S/c1-14-18-12-15(11-16(13-25)23-26-19-9-5-6-10-20(19)30-23)21(24)27-22(18)29(28-14)17-7-3-2-4-8-17/h2-12H,1H3/b16-11+. The van der Waals surface area contributed by atoms with Crippen LogP contribution in [0.25, 0.3) is 38.6 Å². The van der Waals surface area contributed by atoms with Gasteiger partial charge in [0.1, 0.15) is 16.2 Å². The highest BCUT2D eigenvalue weighted by atomic mass is 35.5. The Bertz CT molecular complexity index is 1440. The third kappa shape index (κ3) is 3.14. The SMILES string of the molecule is Cc1nn(-c2ccccc2)c2nc(Cl)c(/C=C(\C#N)c3nc4ccccc4s3)cc12. The topological polar surface area (TPSA) is 67.4 Å². The second-order valence-electron chi connectivity index (χ2n) is 6.73. The van der Waals surface area contributed by atoms with Gasteiger partial charge in [-0.2, -0.15) is 10.4 Å². The lowest BCUT2D eigenvalue weighted by atomic mass is 10.1. The third-order valence-electron chi connectivity index (χ3n) is 4.77. The number of hydrogen-bond acceptors (Lipinski definition) is 5. The zero-order chi connectivity index (χ0) is 20.7. The minimum atomic E-state index is 0.313. The highest BCUT2D eigenvalue weighted by Gasteiger charge is 2.15. The first kappa shape index (κ1) is 18.5. The largest absolute Gasteiger partial charge is 0.235 e. The molecule has 0 fully saturated rings. The first-order valence-electron chi connectivity index (χ1n) is 9.23. The fraction of sp³-hybridized carbons (Fsp3) is 0.0435. The highest BCUT2D eigenvalue weighted by molar-refractivity contribution is 7.19. The maximum absolute atomic E-state index is 9.75. The summed E-state index contributed by atoms with van der Waals surface area (Å²) in [6.45, 7) is 1.93. The molecule has 0 radical (unpaired) electrons. The van der Waals surface area contributed by atoms with E-state index in [2.05, 4.69) is 21.1 Å². The lowest BCUT2D eigenvalue weighted by molar-refractivity contribution is 0.878. The van der Waals surface area contributed by atoms with Gasteiger partial charge in [-0.1, -0.05) is 41.9 Å². The van der Waals surface area contributed by atoms with Crippen LogP contribution in [-0.2, 0) is 0 Å². The predicted molar refractivity (Wildman–Crippen MR) is 122 cm³/mol. The third-order valence-corrected chi connectivity index (χ3v) is 6.14. The van der Waals surface area contributed by atoms with Crippen LogP contribution >= 0.6 is 22.9 Å². The monoisotopic (exact) mass is 427 g/mol. The van der Waals surface area contributed by atoms with Crippen LogP contribution in [0.4, 0.5) is 0 Å². The van der Waals surface area contributed by atoms with E-state index >= 15 is 0 Å². The van der Waals surface area contributed by atoms with Crippen LogP contribution in [0.1, 0.15) is 16.3 Å². The number of nitrogens with zero attached hydrogens (tertiary/aromatic N) is 5. The van der Waals surface area contributed by atoms with Crippen molar-refractivity contribution in [3.05, 3.63) is 82.1 Å². The van der Waals surface area contributed by atoms with Gasteiger partial charge in [0, 0.05) is 10.9 Å². The molecule has 7 heteroatoms. The number of thiazole rings is 1. The van der Waals surface area contributed by atoms with Gasteiger partial charge in [0.15, 0.2) is 5.65 Å². The number of para-hydroxylation sites is 2. The normalized spacial score (nSPS) is 11.8. The van der Waals surface area contributed by atoms with Crippen molar-refractivity contribution in [1.82, 2.24) is 19.7 Å². The molecule has 5 nitrogen and oxygen atoms in total. The van der Waals surface area contributed by atoms with Crippen molar-refractivity contribution < 1.29 is 0 Å². The summed E-state index contributed by atoms with van der Waals surface area (Å²) in [5.41, 5.74) is 4.42. The molecular formula is C23H14ClN5S. The summed E-state index contributed by atoms with van der Waals surface area (Å²) in [5, 5.41) is 16.2. The first-order valence-corrected chi connectivity index (χ1v) is 10.4. The van der Waals surface area contributed by atoms with Crippen LogP contribution < -0.4 is 0 Å². The maximum atomic E-state index is 9.75. The van der Waals surface area contributed by atoms with Crippen molar-refractivity contribution in [3.63, 3.8) is 0 Å². The van der Waals surface area contributed by atoms with Gasteiger partial charge in [0.2, 0.25) is 0 Å². The number of aromatic nitrogens is 4. The zero-order valence-corrected chi connectivity index (χ0v) is 17.4. The van der Waals surface area contributed by atoms with E-state index in [9.17, 15) is 5.26 Å². The number of rotatable bonds is 3. The number of nitriles is 1. The van der Waals surface area contributed by atoms with Crippen molar-refractivity contribution in [1.29, 1.82) is 5.26 Å². The average Bonchev–Trinajstić information content (AvgIpc) is 3.34. The molecule has 5 rings (SSSR count). The number of benzene rings is 2. The molecule has 144 valence electrons. The molecule has 0 aliphatic heterocycles. The van der Waals surface area contributed by atoms with Crippen LogP contribution in [0, 0.1) is 18.3 Å². The molecule has 0 saturated heterocycles. The fourth-order valence-electron chi connectivity index (χ4n) is 3.31. The van der Waals surface area contributed by atoms with E-state index in [-0.39, 0.29) is 0 Å². The number of pyridine rings is 1. The summed E-state index contributed by atoms with van der Waals surface area (Å²) >= 11 is 8.00. The van der Waals surface area contributed by atoms with Gasteiger partial charge in [0.25, 0.3) is 0 Å². The Morgan fingerprint density at radius 2 is 1.87 bits per heavy atom. The van der Waals surface area contributed by atoms with Gasteiger partial charge in [-0.25, -0.2) is 14.6 Å². The van der Waals surface area contributed by atoms with Gasteiger partial charge in [-0.15, -0.1) is 11.3 Å².